The van der Waals surface area contributed by atoms with Crippen LogP contribution < -0.4 is 16.0 Å². The van der Waals surface area contributed by atoms with Gasteiger partial charge in [0.25, 0.3) is 11.8 Å². The molecule has 3 heterocycles. The largest absolute Gasteiger partial charge is 0.370 e. The molecule has 39 heavy (non-hydrogen) atoms. The minimum absolute atomic E-state index is 0.0766. The topological polar surface area (TPSA) is 113 Å². The molecule has 10 heteroatoms. The van der Waals surface area contributed by atoms with E-state index in [1.165, 1.54) is 6.20 Å². The average molecular weight is 524 g/mol. The Labute approximate surface area is 224 Å². The summed E-state index contributed by atoms with van der Waals surface area (Å²) in [6.07, 6.45) is 1.95. The molecule has 2 aromatic carbocycles. The first kappa shape index (κ1) is 24.5. The number of aliphatic imine (C=N–C) groups is 1. The highest BCUT2D eigenvalue weighted by atomic mass is 19.1. The summed E-state index contributed by atoms with van der Waals surface area (Å²) < 4.78 is 16.9. The molecule has 2 aromatic heterocycles. The van der Waals surface area contributed by atoms with Crippen molar-refractivity contribution in [2.24, 2.45) is 4.99 Å². The van der Waals surface area contributed by atoms with Crippen molar-refractivity contribution in [1.29, 1.82) is 0 Å². The summed E-state index contributed by atoms with van der Waals surface area (Å²) in [7, 11) is 0. The van der Waals surface area contributed by atoms with Gasteiger partial charge in [-0.05, 0) is 38.0 Å². The fourth-order valence-corrected chi connectivity index (χ4v) is 4.67. The standard InChI is InChI=1S/C29H26FN7O2/c1-2-31-23-15-14-20(26(30)34-23)25-21(16-32-37(25)18-12-13-18)28(38)36-27-29(39)33-22-11-7-6-10-19(22)24(35-27)17-8-4-3-5-9-17/h3-11,14-16,18,27H,2,12-13H2,1H3,(H,31,34)(H,33,39)(H,36,38)/t27-/m1/s1. The van der Waals surface area contributed by atoms with E-state index in [1.54, 1.807) is 22.9 Å². The molecule has 1 saturated carbocycles. The fourth-order valence-electron chi connectivity index (χ4n) is 4.67. The molecule has 2 amide bonds. The normalized spacial score (nSPS) is 16.5. The van der Waals surface area contributed by atoms with Gasteiger partial charge in [-0.1, -0.05) is 48.5 Å². The number of hydrogen-bond donors (Lipinski definition) is 3. The summed E-state index contributed by atoms with van der Waals surface area (Å²) in [4.78, 5) is 35.6. The van der Waals surface area contributed by atoms with Crippen LogP contribution in [-0.2, 0) is 4.79 Å². The van der Waals surface area contributed by atoms with E-state index in [-0.39, 0.29) is 17.2 Å². The van der Waals surface area contributed by atoms with Crippen molar-refractivity contribution >= 4 is 29.0 Å². The Hall–Kier alpha value is -4.86. The number of benzodiazepines with no additional fused rings is 1. The van der Waals surface area contributed by atoms with Crippen molar-refractivity contribution in [2.45, 2.75) is 32.0 Å². The molecule has 0 bridgehead atoms. The van der Waals surface area contributed by atoms with Gasteiger partial charge in [0, 0.05) is 17.7 Å². The first-order valence-corrected chi connectivity index (χ1v) is 12.9. The third-order valence-corrected chi connectivity index (χ3v) is 6.66. The summed E-state index contributed by atoms with van der Waals surface area (Å²) in [5, 5.41) is 13.0. The van der Waals surface area contributed by atoms with Crippen LogP contribution in [0.2, 0.25) is 0 Å². The van der Waals surface area contributed by atoms with Crippen LogP contribution in [0.25, 0.3) is 11.3 Å². The second kappa shape index (κ2) is 10.1. The molecule has 3 N–H and O–H groups in total. The van der Waals surface area contributed by atoms with Gasteiger partial charge in [0.2, 0.25) is 12.1 Å². The fraction of sp³-hybridized carbons (Fsp3) is 0.207. The number of hydrogen-bond acceptors (Lipinski definition) is 6. The Morgan fingerprint density at radius 2 is 1.82 bits per heavy atom. The van der Waals surface area contributed by atoms with Crippen LogP contribution in [0.3, 0.4) is 0 Å². The number of fused-ring (bicyclic) bond motifs is 1. The number of halogens is 1. The summed E-state index contributed by atoms with van der Waals surface area (Å²) in [5.74, 6) is -1.38. The molecular formula is C29H26FN7O2. The van der Waals surface area contributed by atoms with Gasteiger partial charge in [-0.25, -0.2) is 9.98 Å². The van der Waals surface area contributed by atoms with E-state index < -0.39 is 23.9 Å². The molecule has 0 radical (unpaired) electrons. The molecular weight excluding hydrogens is 497 g/mol. The van der Waals surface area contributed by atoms with Crippen LogP contribution in [0.4, 0.5) is 15.9 Å². The van der Waals surface area contributed by atoms with Gasteiger partial charge in [-0.15, -0.1) is 0 Å². The number of aromatic nitrogens is 3. The highest BCUT2D eigenvalue weighted by Gasteiger charge is 2.33. The van der Waals surface area contributed by atoms with E-state index in [0.717, 1.165) is 24.0 Å². The number of nitrogens with zero attached hydrogens (tertiary/aromatic N) is 4. The maximum Gasteiger partial charge on any atom is 0.269 e. The van der Waals surface area contributed by atoms with Crippen molar-refractivity contribution in [1.82, 2.24) is 20.1 Å². The lowest BCUT2D eigenvalue weighted by Gasteiger charge is -2.15. The maximum atomic E-state index is 15.2. The molecule has 1 fully saturated rings. The van der Waals surface area contributed by atoms with Gasteiger partial charge in [0.05, 0.1) is 40.5 Å². The number of carbonyl (C=O) groups is 2. The lowest BCUT2D eigenvalue weighted by atomic mass is 10.0. The molecule has 4 aromatic rings. The van der Waals surface area contributed by atoms with Crippen LogP contribution in [0.15, 0.2) is 77.9 Å². The van der Waals surface area contributed by atoms with Gasteiger partial charge < -0.3 is 16.0 Å². The van der Waals surface area contributed by atoms with E-state index in [9.17, 15) is 9.59 Å². The number of carbonyl (C=O) groups excluding carboxylic acids is 2. The zero-order valence-electron chi connectivity index (χ0n) is 21.2. The van der Waals surface area contributed by atoms with Gasteiger partial charge in [0.15, 0.2) is 0 Å². The minimum atomic E-state index is -1.23. The first-order valence-electron chi connectivity index (χ1n) is 12.9. The lowest BCUT2D eigenvalue weighted by Crippen LogP contribution is -2.42. The smallest absolute Gasteiger partial charge is 0.269 e. The van der Waals surface area contributed by atoms with E-state index in [0.29, 0.717) is 29.5 Å². The Morgan fingerprint density at radius 3 is 2.56 bits per heavy atom. The number of benzene rings is 2. The molecule has 2 aliphatic rings. The van der Waals surface area contributed by atoms with Crippen LogP contribution in [0.1, 0.15) is 47.3 Å². The number of rotatable bonds is 7. The Bertz CT molecular complexity index is 1590. The van der Waals surface area contributed by atoms with E-state index in [1.807, 2.05) is 55.5 Å². The SMILES string of the molecule is CCNc1ccc(-c2c(C(=O)N[C@H]3N=C(c4ccccc4)c4ccccc4NC3=O)cnn2C2CC2)c(F)n1. The zero-order valence-corrected chi connectivity index (χ0v) is 21.2. The molecule has 1 aliphatic carbocycles. The highest BCUT2D eigenvalue weighted by Crippen LogP contribution is 2.39. The van der Waals surface area contributed by atoms with E-state index in [2.05, 4.69) is 26.0 Å². The van der Waals surface area contributed by atoms with Gasteiger partial charge in [-0.3, -0.25) is 14.3 Å². The van der Waals surface area contributed by atoms with Crippen molar-refractivity contribution < 1.29 is 14.0 Å². The summed E-state index contributed by atoms with van der Waals surface area (Å²) in [6, 6.07) is 20.1. The van der Waals surface area contributed by atoms with Crippen molar-refractivity contribution in [2.75, 3.05) is 17.2 Å². The van der Waals surface area contributed by atoms with Crippen molar-refractivity contribution in [3.63, 3.8) is 0 Å². The Morgan fingerprint density at radius 1 is 1.05 bits per heavy atom. The zero-order chi connectivity index (χ0) is 26.9. The van der Waals surface area contributed by atoms with E-state index >= 15 is 4.39 Å². The van der Waals surface area contributed by atoms with Crippen molar-refractivity contribution in [3.05, 3.63) is 95.6 Å². The highest BCUT2D eigenvalue weighted by molar-refractivity contribution is 6.20. The molecule has 1 aliphatic heterocycles. The number of nitrogens with one attached hydrogen (secondary N) is 3. The second-order valence-electron chi connectivity index (χ2n) is 9.40. The van der Waals surface area contributed by atoms with E-state index in [4.69, 9.17) is 4.99 Å². The number of para-hydroxylation sites is 1. The predicted octanol–water partition coefficient (Wildman–Crippen LogP) is 4.40. The third kappa shape index (κ3) is 4.76. The Kier molecular flexibility index (Phi) is 6.36. The van der Waals surface area contributed by atoms with Gasteiger partial charge in [-0.2, -0.15) is 9.49 Å². The summed E-state index contributed by atoms with van der Waals surface area (Å²) in [5.41, 5.74) is 3.34. The number of pyridine rings is 1. The second-order valence-corrected chi connectivity index (χ2v) is 9.40. The Balaban J connectivity index is 1.38. The quantitative estimate of drug-likeness (QED) is 0.311. The van der Waals surface area contributed by atoms with Gasteiger partial charge in [0.1, 0.15) is 5.82 Å². The maximum absolute atomic E-state index is 15.2. The van der Waals surface area contributed by atoms with Crippen molar-refractivity contribution in [3.8, 4) is 11.3 Å². The lowest BCUT2D eigenvalue weighted by molar-refractivity contribution is -0.117. The molecule has 1 atom stereocenters. The first-order chi connectivity index (χ1) is 19.0. The molecule has 6 rings (SSSR count). The number of amides is 2. The molecule has 0 saturated heterocycles. The monoisotopic (exact) mass is 523 g/mol. The third-order valence-electron chi connectivity index (χ3n) is 6.66. The summed E-state index contributed by atoms with van der Waals surface area (Å²) >= 11 is 0. The van der Waals surface area contributed by atoms with Crippen LogP contribution in [0, 0.1) is 5.95 Å². The number of anilines is 2. The molecule has 9 nitrogen and oxygen atoms in total. The van der Waals surface area contributed by atoms with Gasteiger partial charge >= 0.3 is 0 Å². The average Bonchev–Trinajstić information content (AvgIpc) is 3.72. The minimum Gasteiger partial charge on any atom is -0.370 e. The predicted molar refractivity (Wildman–Crippen MR) is 146 cm³/mol. The summed E-state index contributed by atoms with van der Waals surface area (Å²) in [6.45, 7) is 2.49. The van der Waals surface area contributed by atoms with Crippen LogP contribution >= 0.6 is 0 Å². The molecule has 0 spiro atoms. The van der Waals surface area contributed by atoms with Crippen LogP contribution in [0.5, 0.6) is 0 Å². The molecule has 196 valence electrons. The molecule has 0 unspecified atom stereocenters. The van der Waals surface area contributed by atoms with Crippen LogP contribution in [-0.4, -0.2) is 45.0 Å².